The SMILES string of the molecule is CC(Sc1nnc(-c2cc(-c3ccc(Cl)cc3)nc3ccccc23)o1)C(=O)NC1CCCC1. The van der Waals surface area contributed by atoms with Gasteiger partial charge in [-0.2, -0.15) is 0 Å². The maximum absolute atomic E-state index is 12.5. The van der Waals surface area contributed by atoms with E-state index in [4.69, 9.17) is 21.0 Å². The Morgan fingerprint density at radius 1 is 1.12 bits per heavy atom. The van der Waals surface area contributed by atoms with E-state index < -0.39 is 0 Å². The van der Waals surface area contributed by atoms with Crippen LogP contribution in [0.3, 0.4) is 0 Å². The lowest BCUT2D eigenvalue weighted by molar-refractivity contribution is -0.120. The van der Waals surface area contributed by atoms with Crippen molar-refractivity contribution in [3.8, 4) is 22.7 Å². The molecule has 1 N–H and O–H groups in total. The number of para-hydroxylation sites is 1. The van der Waals surface area contributed by atoms with Crippen molar-refractivity contribution in [2.24, 2.45) is 0 Å². The number of fused-ring (bicyclic) bond motifs is 1. The smallest absolute Gasteiger partial charge is 0.277 e. The summed E-state index contributed by atoms with van der Waals surface area (Å²) in [6, 6.07) is 17.6. The predicted molar refractivity (Wildman–Crippen MR) is 131 cm³/mol. The fourth-order valence-electron chi connectivity index (χ4n) is 4.08. The Labute approximate surface area is 201 Å². The number of hydrogen-bond donors (Lipinski definition) is 1. The Balaban J connectivity index is 1.42. The average Bonchev–Trinajstić information content (AvgIpc) is 3.51. The third-order valence-corrected chi connectivity index (χ3v) is 7.03. The summed E-state index contributed by atoms with van der Waals surface area (Å²) in [5, 5.41) is 13.2. The molecule has 1 unspecified atom stereocenters. The Kier molecular flexibility index (Phi) is 6.33. The van der Waals surface area contributed by atoms with Crippen LogP contribution in [-0.4, -0.2) is 32.4 Å². The van der Waals surface area contributed by atoms with Crippen LogP contribution in [0.1, 0.15) is 32.6 Å². The Morgan fingerprint density at radius 3 is 2.67 bits per heavy atom. The lowest BCUT2D eigenvalue weighted by atomic mass is 10.0. The van der Waals surface area contributed by atoms with E-state index in [2.05, 4.69) is 15.5 Å². The molecule has 1 amide bonds. The number of hydrogen-bond acceptors (Lipinski definition) is 6. The Bertz CT molecular complexity index is 1290. The first-order valence-electron chi connectivity index (χ1n) is 11.0. The molecule has 0 bridgehead atoms. The predicted octanol–water partition coefficient (Wildman–Crippen LogP) is 6.14. The van der Waals surface area contributed by atoms with Gasteiger partial charge in [-0.3, -0.25) is 4.79 Å². The molecular formula is C25H23ClN4O2S. The van der Waals surface area contributed by atoms with Crippen molar-refractivity contribution in [2.75, 3.05) is 0 Å². The van der Waals surface area contributed by atoms with E-state index in [9.17, 15) is 4.79 Å². The highest BCUT2D eigenvalue weighted by Gasteiger charge is 2.23. The first kappa shape index (κ1) is 21.9. The van der Waals surface area contributed by atoms with Gasteiger partial charge in [-0.05, 0) is 44.0 Å². The number of aromatic nitrogens is 3. The minimum Gasteiger partial charge on any atom is -0.411 e. The molecule has 5 rings (SSSR count). The number of carbonyl (C=O) groups excluding carboxylic acids is 1. The summed E-state index contributed by atoms with van der Waals surface area (Å²) in [7, 11) is 0. The van der Waals surface area contributed by atoms with E-state index in [0.717, 1.165) is 40.6 Å². The molecule has 4 aromatic rings. The van der Waals surface area contributed by atoms with Gasteiger partial charge in [0.25, 0.3) is 5.22 Å². The molecule has 1 aliphatic rings. The fourth-order valence-corrected chi connectivity index (χ4v) is 4.90. The van der Waals surface area contributed by atoms with Crippen LogP contribution in [0.4, 0.5) is 0 Å². The van der Waals surface area contributed by atoms with Crippen molar-refractivity contribution >= 4 is 40.2 Å². The Morgan fingerprint density at radius 2 is 1.88 bits per heavy atom. The van der Waals surface area contributed by atoms with Crippen LogP contribution in [0.5, 0.6) is 0 Å². The summed E-state index contributed by atoms with van der Waals surface area (Å²) in [4.78, 5) is 17.3. The van der Waals surface area contributed by atoms with Gasteiger partial charge in [0.1, 0.15) is 0 Å². The van der Waals surface area contributed by atoms with Gasteiger partial charge in [0.15, 0.2) is 0 Å². The van der Waals surface area contributed by atoms with Crippen molar-refractivity contribution < 1.29 is 9.21 Å². The van der Waals surface area contributed by atoms with E-state index in [1.165, 1.54) is 24.6 Å². The first-order chi connectivity index (χ1) is 16.1. The molecule has 0 aliphatic heterocycles. The number of thioether (sulfide) groups is 1. The molecule has 33 heavy (non-hydrogen) atoms. The van der Waals surface area contributed by atoms with Gasteiger partial charge >= 0.3 is 0 Å². The second-order valence-electron chi connectivity index (χ2n) is 8.20. The van der Waals surface area contributed by atoms with E-state index in [0.29, 0.717) is 16.1 Å². The molecule has 0 saturated heterocycles. The zero-order valence-corrected chi connectivity index (χ0v) is 19.7. The lowest BCUT2D eigenvalue weighted by Crippen LogP contribution is -2.37. The molecule has 2 aromatic carbocycles. The van der Waals surface area contributed by atoms with E-state index in [1.54, 1.807) is 0 Å². The molecule has 168 valence electrons. The molecule has 2 heterocycles. The second-order valence-corrected chi connectivity index (χ2v) is 9.93. The number of amides is 1. The second kappa shape index (κ2) is 9.53. The lowest BCUT2D eigenvalue weighted by Gasteiger charge is -2.14. The standard InChI is InChI=1S/C25H23ClN4O2S/c1-15(23(31)27-18-6-2-3-7-18)33-25-30-29-24(32-25)20-14-22(16-10-12-17(26)13-11-16)28-21-9-5-4-8-19(20)21/h4-5,8-15,18H,2-3,6-7H2,1H3,(H,27,31). The average molecular weight is 479 g/mol. The van der Waals surface area contributed by atoms with Crippen molar-refractivity contribution in [1.82, 2.24) is 20.5 Å². The molecule has 8 heteroatoms. The molecule has 6 nitrogen and oxygen atoms in total. The highest BCUT2D eigenvalue weighted by Crippen LogP contribution is 2.33. The third-order valence-electron chi connectivity index (χ3n) is 5.84. The van der Waals surface area contributed by atoms with E-state index in [1.807, 2.05) is 61.5 Å². The zero-order chi connectivity index (χ0) is 22.8. The number of benzene rings is 2. The number of nitrogens with zero attached hydrogens (tertiary/aromatic N) is 3. The maximum atomic E-state index is 12.5. The van der Waals surface area contributed by atoms with Gasteiger partial charge in [-0.15, -0.1) is 10.2 Å². The van der Waals surface area contributed by atoms with Crippen LogP contribution in [0, 0.1) is 0 Å². The quantitative estimate of drug-likeness (QED) is 0.335. The number of carbonyl (C=O) groups is 1. The van der Waals surface area contributed by atoms with Gasteiger partial charge in [0.2, 0.25) is 11.8 Å². The molecule has 1 aliphatic carbocycles. The zero-order valence-electron chi connectivity index (χ0n) is 18.1. The minimum atomic E-state index is -0.322. The first-order valence-corrected chi connectivity index (χ1v) is 12.3. The molecule has 2 aromatic heterocycles. The van der Waals surface area contributed by atoms with Gasteiger partial charge < -0.3 is 9.73 Å². The summed E-state index contributed by atoms with van der Waals surface area (Å²) >= 11 is 7.33. The van der Waals surface area contributed by atoms with Crippen molar-refractivity contribution in [2.45, 2.75) is 49.1 Å². The summed E-state index contributed by atoms with van der Waals surface area (Å²) in [6.07, 6.45) is 4.46. The molecule has 1 atom stereocenters. The Hall–Kier alpha value is -2.90. The summed E-state index contributed by atoms with van der Waals surface area (Å²) in [5.41, 5.74) is 3.36. The van der Waals surface area contributed by atoms with Crippen LogP contribution in [0.15, 0.2) is 64.2 Å². The van der Waals surface area contributed by atoms with Gasteiger partial charge in [0.05, 0.1) is 22.0 Å². The molecule has 0 spiro atoms. The number of nitrogens with one attached hydrogen (secondary N) is 1. The summed E-state index contributed by atoms with van der Waals surface area (Å²) in [6.45, 7) is 1.86. The van der Waals surface area contributed by atoms with Gasteiger partial charge in [0, 0.05) is 22.0 Å². The number of halogens is 1. The summed E-state index contributed by atoms with van der Waals surface area (Å²) in [5.74, 6) is 0.403. The number of pyridine rings is 1. The van der Waals surface area contributed by atoms with Crippen molar-refractivity contribution in [3.63, 3.8) is 0 Å². The third kappa shape index (κ3) is 4.89. The van der Waals surface area contributed by atoms with Gasteiger partial charge in [-0.1, -0.05) is 66.5 Å². The topological polar surface area (TPSA) is 80.9 Å². The number of rotatable bonds is 6. The molecular weight excluding hydrogens is 456 g/mol. The molecule has 0 radical (unpaired) electrons. The van der Waals surface area contributed by atoms with Crippen molar-refractivity contribution in [1.29, 1.82) is 0 Å². The highest BCUT2D eigenvalue weighted by atomic mass is 35.5. The largest absolute Gasteiger partial charge is 0.411 e. The highest BCUT2D eigenvalue weighted by molar-refractivity contribution is 8.00. The van der Waals surface area contributed by atoms with E-state index >= 15 is 0 Å². The van der Waals surface area contributed by atoms with Crippen LogP contribution in [0.25, 0.3) is 33.6 Å². The van der Waals surface area contributed by atoms with Crippen LogP contribution >= 0.6 is 23.4 Å². The fraction of sp³-hybridized carbons (Fsp3) is 0.280. The van der Waals surface area contributed by atoms with Gasteiger partial charge in [-0.25, -0.2) is 4.98 Å². The van der Waals surface area contributed by atoms with Crippen molar-refractivity contribution in [3.05, 3.63) is 59.6 Å². The van der Waals surface area contributed by atoms with Crippen LogP contribution in [-0.2, 0) is 4.79 Å². The molecule has 1 fully saturated rings. The monoisotopic (exact) mass is 478 g/mol. The minimum absolute atomic E-state index is 0.00559. The molecule has 1 saturated carbocycles. The maximum Gasteiger partial charge on any atom is 0.277 e. The van der Waals surface area contributed by atoms with E-state index in [-0.39, 0.29) is 17.2 Å². The van der Waals surface area contributed by atoms with Crippen LogP contribution < -0.4 is 5.32 Å². The summed E-state index contributed by atoms with van der Waals surface area (Å²) < 4.78 is 5.99. The normalized spacial score (nSPS) is 15.1. The van der Waals surface area contributed by atoms with Crippen LogP contribution in [0.2, 0.25) is 5.02 Å².